The van der Waals surface area contributed by atoms with E-state index in [1.807, 2.05) is 12.4 Å². The van der Waals surface area contributed by atoms with Gasteiger partial charge in [0, 0.05) is 24.0 Å². The fraction of sp³-hybridized carbons (Fsp3) is 0.625. The van der Waals surface area contributed by atoms with Gasteiger partial charge in [-0.15, -0.1) is 11.3 Å². The Morgan fingerprint density at radius 1 is 1.75 bits per heavy atom. The van der Waals surface area contributed by atoms with E-state index in [0.29, 0.717) is 12.6 Å². The molecular formula is C8H15N3S. The fourth-order valence-electron chi connectivity index (χ4n) is 0.846. The Morgan fingerprint density at radius 3 is 3.00 bits per heavy atom. The number of hydrogen-bond acceptors (Lipinski definition) is 4. The average molecular weight is 185 g/mol. The van der Waals surface area contributed by atoms with Gasteiger partial charge in [-0.2, -0.15) is 0 Å². The number of nitrogens with two attached hydrogens (primary N) is 1. The number of rotatable bonds is 4. The summed E-state index contributed by atoms with van der Waals surface area (Å²) >= 11 is 1.69. The maximum atomic E-state index is 5.47. The number of nitrogens with zero attached hydrogens (tertiary/aromatic N) is 1. The average Bonchev–Trinajstić information content (AvgIpc) is 2.47. The normalized spacial score (nSPS) is 13.2. The molecule has 1 atom stereocenters. The van der Waals surface area contributed by atoms with E-state index in [1.165, 1.54) is 4.88 Å². The van der Waals surface area contributed by atoms with Crippen molar-refractivity contribution in [1.29, 1.82) is 0 Å². The van der Waals surface area contributed by atoms with E-state index in [0.717, 1.165) is 12.2 Å². The molecule has 0 aliphatic heterocycles. The van der Waals surface area contributed by atoms with Crippen molar-refractivity contribution in [2.24, 2.45) is 5.73 Å². The van der Waals surface area contributed by atoms with Gasteiger partial charge in [0.15, 0.2) is 0 Å². The quantitative estimate of drug-likeness (QED) is 0.732. The molecule has 0 saturated carbocycles. The monoisotopic (exact) mass is 185 g/mol. The first-order valence-electron chi connectivity index (χ1n) is 4.06. The number of aryl methyl sites for hydroxylation is 1. The lowest BCUT2D eigenvalue weighted by Crippen LogP contribution is -2.32. The zero-order chi connectivity index (χ0) is 8.97. The second-order valence-electron chi connectivity index (χ2n) is 2.88. The molecule has 4 heteroatoms. The largest absolute Gasteiger partial charge is 0.329 e. The number of aromatic nitrogens is 1. The first-order chi connectivity index (χ1) is 5.74. The van der Waals surface area contributed by atoms with Crippen LogP contribution in [-0.2, 0) is 6.54 Å². The highest BCUT2D eigenvalue weighted by Gasteiger charge is 2.02. The van der Waals surface area contributed by atoms with E-state index in [2.05, 4.69) is 17.2 Å². The molecule has 0 amide bonds. The summed E-state index contributed by atoms with van der Waals surface area (Å²) in [5.74, 6) is 0. The highest BCUT2D eigenvalue weighted by Crippen LogP contribution is 2.11. The predicted molar refractivity (Wildman–Crippen MR) is 52.2 cm³/mol. The lowest BCUT2D eigenvalue weighted by molar-refractivity contribution is 0.558. The molecule has 3 N–H and O–H groups in total. The molecule has 0 spiro atoms. The van der Waals surface area contributed by atoms with Gasteiger partial charge in [0.25, 0.3) is 0 Å². The lowest BCUT2D eigenvalue weighted by atomic mass is 10.3. The maximum absolute atomic E-state index is 5.47. The van der Waals surface area contributed by atoms with E-state index in [9.17, 15) is 0 Å². The molecule has 0 aliphatic rings. The molecule has 1 heterocycles. The summed E-state index contributed by atoms with van der Waals surface area (Å²) in [7, 11) is 0. The summed E-state index contributed by atoms with van der Waals surface area (Å²) in [6, 6.07) is 0.381. The molecular weight excluding hydrogens is 170 g/mol. The topological polar surface area (TPSA) is 50.9 Å². The fourth-order valence-corrected chi connectivity index (χ4v) is 1.57. The van der Waals surface area contributed by atoms with Gasteiger partial charge in [-0.05, 0) is 13.8 Å². The van der Waals surface area contributed by atoms with Crippen molar-refractivity contribution in [3.8, 4) is 0 Å². The molecule has 0 saturated heterocycles. The zero-order valence-electron chi connectivity index (χ0n) is 7.50. The van der Waals surface area contributed by atoms with Crippen LogP contribution in [0.3, 0.4) is 0 Å². The van der Waals surface area contributed by atoms with Gasteiger partial charge in [0.05, 0.1) is 11.2 Å². The summed E-state index contributed by atoms with van der Waals surface area (Å²) in [6.07, 6.45) is 0. The van der Waals surface area contributed by atoms with Crippen molar-refractivity contribution in [2.75, 3.05) is 6.54 Å². The summed E-state index contributed by atoms with van der Waals surface area (Å²) in [5, 5.41) is 3.32. The Kier molecular flexibility index (Phi) is 3.65. The molecule has 0 radical (unpaired) electrons. The Labute approximate surface area is 77.0 Å². The molecule has 3 nitrogen and oxygen atoms in total. The van der Waals surface area contributed by atoms with Crippen LogP contribution in [0.4, 0.5) is 0 Å². The summed E-state index contributed by atoms with van der Waals surface area (Å²) in [6.45, 7) is 5.67. The van der Waals surface area contributed by atoms with Crippen molar-refractivity contribution in [3.05, 3.63) is 16.1 Å². The van der Waals surface area contributed by atoms with E-state index in [4.69, 9.17) is 5.73 Å². The van der Waals surface area contributed by atoms with Gasteiger partial charge >= 0.3 is 0 Å². The molecule has 1 aromatic rings. The van der Waals surface area contributed by atoms with E-state index < -0.39 is 0 Å². The van der Waals surface area contributed by atoms with Crippen molar-refractivity contribution in [1.82, 2.24) is 10.3 Å². The van der Waals surface area contributed by atoms with Crippen molar-refractivity contribution >= 4 is 11.3 Å². The zero-order valence-corrected chi connectivity index (χ0v) is 8.32. The van der Waals surface area contributed by atoms with Crippen LogP contribution in [0.25, 0.3) is 0 Å². The Bertz CT molecular complexity index is 234. The second-order valence-corrected chi connectivity index (χ2v) is 3.82. The SMILES string of the molecule is Cc1ncsc1CNC(C)CN. The van der Waals surface area contributed by atoms with Crippen LogP contribution in [0.5, 0.6) is 0 Å². The Morgan fingerprint density at radius 2 is 2.50 bits per heavy atom. The van der Waals surface area contributed by atoms with Crippen molar-refractivity contribution < 1.29 is 0 Å². The lowest BCUT2D eigenvalue weighted by Gasteiger charge is -2.09. The Hall–Kier alpha value is -0.450. The molecule has 12 heavy (non-hydrogen) atoms. The third kappa shape index (κ3) is 2.55. The predicted octanol–water partition coefficient (Wildman–Crippen LogP) is 0.888. The first kappa shape index (κ1) is 9.64. The highest BCUT2D eigenvalue weighted by atomic mass is 32.1. The second kappa shape index (κ2) is 4.54. The van der Waals surface area contributed by atoms with Crippen LogP contribution in [0, 0.1) is 6.92 Å². The van der Waals surface area contributed by atoms with E-state index >= 15 is 0 Å². The van der Waals surface area contributed by atoms with Gasteiger partial charge in [-0.3, -0.25) is 0 Å². The first-order valence-corrected chi connectivity index (χ1v) is 4.94. The summed E-state index contributed by atoms with van der Waals surface area (Å²) in [5.41, 5.74) is 8.47. The molecule has 1 unspecified atom stereocenters. The van der Waals surface area contributed by atoms with E-state index in [-0.39, 0.29) is 0 Å². The van der Waals surface area contributed by atoms with Crippen LogP contribution >= 0.6 is 11.3 Å². The minimum atomic E-state index is 0.381. The van der Waals surface area contributed by atoms with Crippen LogP contribution < -0.4 is 11.1 Å². The van der Waals surface area contributed by atoms with Crippen LogP contribution in [0.2, 0.25) is 0 Å². The standard InChI is InChI=1S/C8H15N3S/c1-6(3-9)10-4-8-7(2)11-5-12-8/h5-6,10H,3-4,9H2,1-2H3. The summed E-state index contributed by atoms with van der Waals surface area (Å²) in [4.78, 5) is 5.47. The molecule has 0 aromatic carbocycles. The van der Waals surface area contributed by atoms with Gasteiger partial charge in [0.2, 0.25) is 0 Å². The van der Waals surface area contributed by atoms with Gasteiger partial charge < -0.3 is 11.1 Å². The van der Waals surface area contributed by atoms with Crippen LogP contribution in [0.15, 0.2) is 5.51 Å². The van der Waals surface area contributed by atoms with Gasteiger partial charge in [-0.1, -0.05) is 0 Å². The minimum absolute atomic E-state index is 0.381. The van der Waals surface area contributed by atoms with Gasteiger partial charge in [-0.25, -0.2) is 4.98 Å². The molecule has 1 rings (SSSR count). The Balaban J connectivity index is 2.38. The van der Waals surface area contributed by atoms with Gasteiger partial charge in [0.1, 0.15) is 0 Å². The number of nitrogens with one attached hydrogen (secondary N) is 1. The molecule has 1 aromatic heterocycles. The maximum Gasteiger partial charge on any atom is 0.0798 e. The minimum Gasteiger partial charge on any atom is -0.329 e. The molecule has 68 valence electrons. The third-order valence-electron chi connectivity index (χ3n) is 1.81. The highest BCUT2D eigenvalue weighted by molar-refractivity contribution is 7.09. The number of thiazole rings is 1. The van der Waals surface area contributed by atoms with Crippen LogP contribution in [0.1, 0.15) is 17.5 Å². The molecule has 0 bridgehead atoms. The van der Waals surface area contributed by atoms with Crippen molar-refractivity contribution in [2.45, 2.75) is 26.4 Å². The molecule has 0 fully saturated rings. The molecule has 0 aliphatic carbocycles. The van der Waals surface area contributed by atoms with Crippen molar-refractivity contribution in [3.63, 3.8) is 0 Å². The smallest absolute Gasteiger partial charge is 0.0798 e. The number of hydrogen-bond donors (Lipinski definition) is 2. The summed E-state index contributed by atoms with van der Waals surface area (Å²) < 4.78 is 0. The third-order valence-corrected chi connectivity index (χ3v) is 2.74. The van der Waals surface area contributed by atoms with Crippen LogP contribution in [-0.4, -0.2) is 17.6 Å². The van der Waals surface area contributed by atoms with E-state index in [1.54, 1.807) is 11.3 Å².